The van der Waals surface area contributed by atoms with Gasteiger partial charge in [0.05, 0.1) is 0 Å². The second-order valence-corrected chi connectivity index (χ2v) is 6.42. The van der Waals surface area contributed by atoms with Gasteiger partial charge in [0.1, 0.15) is 0 Å². The summed E-state index contributed by atoms with van der Waals surface area (Å²) in [5.41, 5.74) is 8.57. The molecule has 0 amide bonds. The van der Waals surface area contributed by atoms with Crippen LogP contribution in [-0.2, 0) is 0 Å². The molecular weight excluding hydrogens is 369 g/mol. The van der Waals surface area contributed by atoms with Crippen LogP contribution in [0.3, 0.4) is 0 Å². The highest BCUT2D eigenvalue weighted by atomic mass is 127. The zero-order valence-electron chi connectivity index (χ0n) is 10.8. The summed E-state index contributed by atoms with van der Waals surface area (Å²) in [4.78, 5) is 0. The van der Waals surface area contributed by atoms with Crippen LogP contribution in [0.25, 0.3) is 0 Å². The van der Waals surface area contributed by atoms with Gasteiger partial charge in [0.15, 0.2) is 0 Å². The van der Waals surface area contributed by atoms with E-state index in [-0.39, 0.29) is 0 Å². The predicted octanol–water partition coefficient (Wildman–Crippen LogP) is 4.79. The van der Waals surface area contributed by atoms with Crippen LogP contribution in [0.4, 0.5) is 0 Å². The minimum atomic E-state index is 0.330. The van der Waals surface area contributed by atoms with E-state index in [4.69, 9.17) is 17.3 Å². The van der Waals surface area contributed by atoms with Gasteiger partial charge in [-0.3, -0.25) is 0 Å². The molecule has 2 aromatic carbocycles. The Kier molecular flexibility index (Phi) is 5.25. The first kappa shape index (κ1) is 14.8. The van der Waals surface area contributed by atoms with Crippen LogP contribution in [-0.4, -0.2) is 6.54 Å². The molecule has 1 nitrogen and oxygen atoms in total. The highest BCUT2D eigenvalue weighted by Gasteiger charge is 2.19. The van der Waals surface area contributed by atoms with Gasteiger partial charge in [-0.2, -0.15) is 0 Å². The first-order valence-electron chi connectivity index (χ1n) is 6.33. The van der Waals surface area contributed by atoms with Crippen molar-refractivity contribution in [1.29, 1.82) is 0 Å². The molecule has 2 atom stereocenters. The molecule has 100 valence electrons. The fraction of sp³-hybridized carbons (Fsp3) is 0.250. The molecule has 0 spiro atoms. The van der Waals surface area contributed by atoms with E-state index in [9.17, 15) is 0 Å². The molecular formula is C16H17ClIN. The van der Waals surface area contributed by atoms with E-state index < -0.39 is 0 Å². The van der Waals surface area contributed by atoms with Crippen LogP contribution < -0.4 is 5.73 Å². The molecule has 2 N–H and O–H groups in total. The molecule has 0 bridgehead atoms. The van der Waals surface area contributed by atoms with Gasteiger partial charge >= 0.3 is 0 Å². The van der Waals surface area contributed by atoms with Gasteiger partial charge in [0.25, 0.3) is 0 Å². The van der Waals surface area contributed by atoms with E-state index in [1.807, 2.05) is 12.1 Å². The lowest BCUT2D eigenvalue weighted by molar-refractivity contribution is 0.584. The minimum Gasteiger partial charge on any atom is -0.330 e. The summed E-state index contributed by atoms with van der Waals surface area (Å²) in [6, 6.07) is 16.6. The first-order valence-corrected chi connectivity index (χ1v) is 7.78. The van der Waals surface area contributed by atoms with Crippen molar-refractivity contribution in [3.63, 3.8) is 0 Å². The average Bonchev–Trinajstić information content (AvgIpc) is 2.40. The summed E-state index contributed by atoms with van der Waals surface area (Å²) >= 11 is 8.28. The van der Waals surface area contributed by atoms with Gasteiger partial charge in [0.2, 0.25) is 0 Å². The SMILES string of the molecule is CC(c1ccc(Cl)cc1)C(CN)c1cccc(I)c1. The Morgan fingerprint density at radius 2 is 1.79 bits per heavy atom. The summed E-state index contributed by atoms with van der Waals surface area (Å²) in [5.74, 6) is 0.705. The summed E-state index contributed by atoms with van der Waals surface area (Å²) < 4.78 is 1.25. The smallest absolute Gasteiger partial charge is 0.0406 e. The zero-order chi connectivity index (χ0) is 13.8. The monoisotopic (exact) mass is 385 g/mol. The Bertz CT molecular complexity index is 539. The van der Waals surface area contributed by atoms with Gasteiger partial charge in [-0.1, -0.05) is 42.8 Å². The van der Waals surface area contributed by atoms with Gasteiger partial charge < -0.3 is 5.73 Å². The van der Waals surface area contributed by atoms with E-state index in [0.29, 0.717) is 18.4 Å². The third-order valence-electron chi connectivity index (χ3n) is 3.53. The standard InChI is InChI=1S/C16H17ClIN/c1-11(12-5-7-14(17)8-6-12)16(10-19)13-3-2-4-15(18)9-13/h2-9,11,16H,10,19H2,1H3. The molecule has 0 radical (unpaired) electrons. The van der Waals surface area contributed by atoms with Crippen molar-refractivity contribution in [2.75, 3.05) is 6.54 Å². The number of hydrogen-bond acceptors (Lipinski definition) is 1. The van der Waals surface area contributed by atoms with E-state index in [1.165, 1.54) is 14.7 Å². The van der Waals surface area contributed by atoms with Crippen molar-refractivity contribution < 1.29 is 0 Å². The van der Waals surface area contributed by atoms with Crippen LogP contribution in [0, 0.1) is 3.57 Å². The Morgan fingerprint density at radius 3 is 2.37 bits per heavy atom. The van der Waals surface area contributed by atoms with E-state index in [2.05, 4.69) is 65.9 Å². The molecule has 2 unspecified atom stereocenters. The molecule has 0 fully saturated rings. The van der Waals surface area contributed by atoms with Crippen molar-refractivity contribution in [3.05, 3.63) is 68.3 Å². The molecule has 0 saturated carbocycles. The molecule has 0 aliphatic rings. The molecule has 0 aliphatic carbocycles. The quantitative estimate of drug-likeness (QED) is 0.752. The summed E-state index contributed by atoms with van der Waals surface area (Å²) in [6.07, 6.45) is 0. The zero-order valence-corrected chi connectivity index (χ0v) is 13.7. The fourth-order valence-corrected chi connectivity index (χ4v) is 3.06. The van der Waals surface area contributed by atoms with Crippen molar-refractivity contribution in [2.24, 2.45) is 5.73 Å². The normalized spacial score (nSPS) is 14.1. The van der Waals surface area contributed by atoms with Gasteiger partial charge in [-0.15, -0.1) is 0 Å². The minimum absolute atomic E-state index is 0.330. The topological polar surface area (TPSA) is 26.0 Å². The maximum atomic E-state index is 5.99. The predicted molar refractivity (Wildman–Crippen MR) is 90.8 cm³/mol. The van der Waals surface area contributed by atoms with Crippen molar-refractivity contribution in [1.82, 2.24) is 0 Å². The van der Waals surface area contributed by atoms with E-state index in [1.54, 1.807) is 0 Å². The lowest BCUT2D eigenvalue weighted by Gasteiger charge is -2.23. The summed E-state index contributed by atoms with van der Waals surface area (Å²) in [7, 11) is 0. The Hall–Kier alpha value is -0.580. The number of halogens is 2. The maximum absolute atomic E-state index is 5.99. The highest BCUT2D eigenvalue weighted by molar-refractivity contribution is 14.1. The van der Waals surface area contributed by atoms with Gasteiger partial charge in [-0.05, 0) is 70.4 Å². The Morgan fingerprint density at radius 1 is 1.11 bits per heavy atom. The number of hydrogen-bond donors (Lipinski definition) is 1. The molecule has 2 aromatic rings. The van der Waals surface area contributed by atoms with E-state index >= 15 is 0 Å². The highest BCUT2D eigenvalue weighted by Crippen LogP contribution is 2.32. The molecule has 0 aliphatic heterocycles. The van der Waals surface area contributed by atoms with Crippen molar-refractivity contribution in [3.8, 4) is 0 Å². The Labute approximate surface area is 133 Å². The molecule has 0 saturated heterocycles. The first-order chi connectivity index (χ1) is 9.11. The fourth-order valence-electron chi connectivity index (χ4n) is 2.36. The van der Waals surface area contributed by atoms with E-state index in [0.717, 1.165) is 5.02 Å². The van der Waals surface area contributed by atoms with Crippen LogP contribution in [0.15, 0.2) is 48.5 Å². The lowest BCUT2D eigenvalue weighted by Crippen LogP contribution is -2.18. The molecule has 19 heavy (non-hydrogen) atoms. The number of nitrogens with two attached hydrogens (primary N) is 1. The van der Waals surface area contributed by atoms with Crippen LogP contribution in [0.1, 0.15) is 29.9 Å². The van der Waals surface area contributed by atoms with Crippen molar-refractivity contribution >= 4 is 34.2 Å². The van der Waals surface area contributed by atoms with Crippen LogP contribution in [0.5, 0.6) is 0 Å². The number of rotatable bonds is 4. The van der Waals surface area contributed by atoms with Gasteiger partial charge in [0, 0.05) is 14.5 Å². The summed E-state index contributed by atoms with van der Waals surface area (Å²) in [5, 5.41) is 0.773. The molecule has 0 heterocycles. The van der Waals surface area contributed by atoms with Crippen LogP contribution >= 0.6 is 34.2 Å². The van der Waals surface area contributed by atoms with Crippen molar-refractivity contribution in [2.45, 2.75) is 18.8 Å². The third-order valence-corrected chi connectivity index (χ3v) is 4.45. The molecule has 0 aromatic heterocycles. The largest absolute Gasteiger partial charge is 0.330 e. The average molecular weight is 386 g/mol. The second kappa shape index (κ2) is 6.73. The maximum Gasteiger partial charge on any atom is 0.0406 e. The lowest BCUT2D eigenvalue weighted by atomic mass is 9.83. The Balaban J connectivity index is 2.28. The van der Waals surface area contributed by atoms with Gasteiger partial charge in [-0.25, -0.2) is 0 Å². The molecule has 2 rings (SSSR count). The third kappa shape index (κ3) is 3.71. The number of benzene rings is 2. The van der Waals surface area contributed by atoms with Crippen LogP contribution in [0.2, 0.25) is 5.02 Å². The molecule has 3 heteroatoms. The summed E-state index contributed by atoms with van der Waals surface area (Å²) in [6.45, 7) is 2.87. The second-order valence-electron chi connectivity index (χ2n) is 4.74.